The van der Waals surface area contributed by atoms with E-state index in [1.165, 1.54) is 0 Å². The Balaban J connectivity index is 1.65. The first-order chi connectivity index (χ1) is 13.5. The van der Waals surface area contributed by atoms with Crippen molar-refractivity contribution >= 4 is 35.0 Å². The zero-order chi connectivity index (χ0) is 20.1. The van der Waals surface area contributed by atoms with Gasteiger partial charge in [-0.15, -0.1) is 0 Å². The Labute approximate surface area is 175 Å². The molecule has 3 rings (SSSR count). The molecule has 6 heteroatoms. The van der Waals surface area contributed by atoms with Crippen molar-refractivity contribution in [2.75, 3.05) is 13.1 Å². The van der Waals surface area contributed by atoms with E-state index in [0.29, 0.717) is 28.7 Å². The first-order valence-electron chi connectivity index (χ1n) is 9.58. The predicted octanol–water partition coefficient (Wildman–Crippen LogP) is 5.11. The summed E-state index contributed by atoms with van der Waals surface area (Å²) in [7, 11) is 0. The number of hydrogen-bond donors (Lipinski definition) is 1. The average Bonchev–Trinajstić information content (AvgIpc) is 2.72. The molecule has 1 aliphatic rings. The Hall–Kier alpha value is -2.04. The molecule has 1 N–H and O–H groups in total. The number of piperidine rings is 1. The van der Waals surface area contributed by atoms with Crippen LogP contribution in [0.3, 0.4) is 0 Å². The molecule has 0 bridgehead atoms. The van der Waals surface area contributed by atoms with E-state index in [9.17, 15) is 9.59 Å². The smallest absolute Gasteiger partial charge is 0.253 e. The molecule has 148 valence electrons. The maximum absolute atomic E-state index is 12.9. The van der Waals surface area contributed by atoms with Crippen molar-refractivity contribution in [1.29, 1.82) is 0 Å². The van der Waals surface area contributed by atoms with Gasteiger partial charge >= 0.3 is 0 Å². The number of nitrogens with zero attached hydrogens (tertiary/aromatic N) is 1. The quantitative estimate of drug-likeness (QED) is 0.732. The van der Waals surface area contributed by atoms with Gasteiger partial charge in [-0.25, -0.2) is 0 Å². The second-order valence-corrected chi connectivity index (χ2v) is 7.99. The molecule has 2 unspecified atom stereocenters. The van der Waals surface area contributed by atoms with Crippen molar-refractivity contribution in [2.24, 2.45) is 5.92 Å². The second kappa shape index (κ2) is 9.44. The van der Waals surface area contributed by atoms with Crippen molar-refractivity contribution in [3.8, 4) is 0 Å². The zero-order valence-electron chi connectivity index (χ0n) is 15.8. The number of benzene rings is 2. The summed E-state index contributed by atoms with van der Waals surface area (Å²) in [6.07, 6.45) is 2.36. The van der Waals surface area contributed by atoms with Gasteiger partial charge in [0.05, 0.1) is 12.0 Å². The zero-order valence-corrected chi connectivity index (χ0v) is 17.3. The van der Waals surface area contributed by atoms with Gasteiger partial charge in [0.15, 0.2) is 0 Å². The van der Waals surface area contributed by atoms with Gasteiger partial charge in [-0.1, -0.05) is 42.3 Å². The lowest BCUT2D eigenvalue weighted by Gasteiger charge is -2.33. The number of amides is 2. The number of carbonyl (C=O) groups is 2. The van der Waals surface area contributed by atoms with Crippen LogP contribution in [0, 0.1) is 5.92 Å². The molecule has 0 spiro atoms. The van der Waals surface area contributed by atoms with Crippen LogP contribution in [-0.2, 0) is 4.79 Å². The number of nitrogens with one attached hydrogen (secondary N) is 1. The molecule has 4 nitrogen and oxygen atoms in total. The van der Waals surface area contributed by atoms with Crippen molar-refractivity contribution in [3.63, 3.8) is 0 Å². The van der Waals surface area contributed by atoms with Crippen LogP contribution >= 0.6 is 23.2 Å². The normalized spacial score (nSPS) is 17.8. The van der Waals surface area contributed by atoms with E-state index in [4.69, 9.17) is 23.2 Å². The lowest BCUT2D eigenvalue weighted by Crippen LogP contribution is -2.46. The highest BCUT2D eigenvalue weighted by Gasteiger charge is 2.30. The topological polar surface area (TPSA) is 49.4 Å². The standard InChI is InChI=1S/C22H24Cl2N2O2/c1-2-20(16-5-3-7-19(24)13-16)25-21(27)17-6-4-12-26(14-17)22(28)15-8-10-18(23)11-9-15/h3,5,7-11,13,17,20H,2,4,6,12,14H2,1H3,(H,25,27). The summed E-state index contributed by atoms with van der Waals surface area (Å²) >= 11 is 12.0. The van der Waals surface area contributed by atoms with Crippen LogP contribution < -0.4 is 5.32 Å². The minimum Gasteiger partial charge on any atom is -0.349 e. The summed E-state index contributed by atoms with van der Waals surface area (Å²) in [5.41, 5.74) is 1.59. The molecule has 28 heavy (non-hydrogen) atoms. The highest BCUT2D eigenvalue weighted by Crippen LogP contribution is 2.24. The van der Waals surface area contributed by atoms with Gasteiger partial charge in [-0.3, -0.25) is 9.59 Å². The van der Waals surface area contributed by atoms with Crippen LogP contribution in [-0.4, -0.2) is 29.8 Å². The monoisotopic (exact) mass is 418 g/mol. The lowest BCUT2D eigenvalue weighted by molar-refractivity contribution is -0.127. The maximum atomic E-state index is 12.9. The molecule has 0 radical (unpaired) electrons. The van der Waals surface area contributed by atoms with Crippen molar-refractivity contribution in [2.45, 2.75) is 32.2 Å². The van der Waals surface area contributed by atoms with Crippen LogP contribution in [0.25, 0.3) is 0 Å². The fraction of sp³-hybridized carbons (Fsp3) is 0.364. The van der Waals surface area contributed by atoms with Crippen LogP contribution in [0.2, 0.25) is 10.0 Å². The second-order valence-electron chi connectivity index (χ2n) is 7.12. The van der Waals surface area contributed by atoms with Crippen molar-refractivity contribution in [3.05, 3.63) is 69.7 Å². The Morgan fingerprint density at radius 3 is 2.57 bits per heavy atom. The van der Waals surface area contributed by atoms with E-state index in [-0.39, 0.29) is 23.8 Å². The van der Waals surface area contributed by atoms with E-state index < -0.39 is 0 Å². The molecule has 2 amide bonds. The molecule has 2 atom stereocenters. The van der Waals surface area contributed by atoms with Crippen LogP contribution in [0.15, 0.2) is 48.5 Å². The molecule has 1 heterocycles. The third kappa shape index (κ3) is 5.06. The number of likely N-dealkylation sites (tertiary alicyclic amines) is 1. The molecule has 0 aliphatic carbocycles. The van der Waals surface area contributed by atoms with Crippen molar-refractivity contribution < 1.29 is 9.59 Å². The largest absolute Gasteiger partial charge is 0.349 e. The SMILES string of the molecule is CCC(NC(=O)C1CCCN(C(=O)c2ccc(Cl)cc2)C1)c1cccc(Cl)c1. The van der Waals surface area contributed by atoms with E-state index in [1.54, 1.807) is 29.2 Å². The molecule has 2 aromatic carbocycles. The van der Waals surface area contributed by atoms with E-state index in [2.05, 4.69) is 5.32 Å². The van der Waals surface area contributed by atoms with Gasteiger partial charge in [-0.05, 0) is 61.2 Å². The predicted molar refractivity (Wildman–Crippen MR) is 113 cm³/mol. The Kier molecular flexibility index (Phi) is 6.97. The fourth-order valence-corrected chi connectivity index (χ4v) is 3.91. The first kappa shape index (κ1) is 20.7. The lowest BCUT2D eigenvalue weighted by atomic mass is 9.95. The molecule has 1 aliphatic heterocycles. The average molecular weight is 419 g/mol. The molecule has 0 aromatic heterocycles. The third-order valence-corrected chi connectivity index (χ3v) is 5.63. The van der Waals surface area contributed by atoms with Gasteiger partial charge in [0.2, 0.25) is 5.91 Å². The highest BCUT2D eigenvalue weighted by atomic mass is 35.5. The summed E-state index contributed by atoms with van der Waals surface area (Å²) in [5, 5.41) is 4.39. The Morgan fingerprint density at radius 1 is 1.14 bits per heavy atom. The minimum atomic E-state index is -0.210. The molecular weight excluding hydrogens is 395 g/mol. The van der Waals surface area contributed by atoms with Crippen LogP contribution in [0.4, 0.5) is 0 Å². The molecule has 1 saturated heterocycles. The summed E-state index contributed by atoms with van der Waals surface area (Å²) in [6.45, 7) is 3.12. The van der Waals surface area contributed by atoms with Crippen molar-refractivity contribution in [1.82, 2.24) is 10.2 Å². The Morgan fingerprint density at radius 2 is 1.89 bits per heavy atom. The summed E-state index contributed by atoms with van der Waals surface area (Å²) < 4.78 is 0. The Bertz CT molecular complexity index is 839. The molecule has 2 aromatic rings. The maximum Gasteiger partial charge on any atom is 0.253 e. The van der Waals surface area contributed by atoms with E-state index in [1.807, 2.05) is 31.2 Å². The minimum absolute atomic E-state index is 0.0135. The van der Waals surface area contributed by atoms with Crippen LogP contribution in [0.1, 0.15) is 48.1 Å². The van der Waals surface area contributed by atoms with E-state index in [0.717, 1.165) is 24.8 Å². The van der Waals surface area contributed by atoms with Gasteiger partial charge in [-0.2, -0.15) is 0 Å². The number of rotatable bonds is 5. The third-order valence-electron chi connectivity index (χ3n) is 5.15. The van der Waals surface area contributed by atoms with Gasteiger partial charge in [0, 0.05) is 28.7 Å². The van der Waals surface area contributed by atoms with E-state index >= 15 is 0 Å². The van der Waals surface area contributed by atoms with Gasteiger partial charge in [0.1, 0.15) is 0 Å². The van der Waals surface area contributed by atoms with Gasteiger partial charge in [0.25, 0.3) is 5.91 Å². The summed E-state index contributed by atoms with van der Waals surface area (Å²) in [5.74, 6) is -0.283. The summed E-state index contributed by atoms with van der Waals surface area (Å²) in [6, 6.07) is 14.3. The van der Waals surface area contributed by atoms with Gasteiger partial charge < -0.3 is 10.2 Å². The van der Waals surface area contributed by atoms with Crippen LogP contribution in [0.5, 0.6) is 0 Å². The molecule has 0 saturated carbocycles. The fourth-order valence-electron chi connectivity index (χ4n) is 3.58. The number of hydrogen-bond acceptors (Lipinski definition) is 2. The number of halogens is 2. The first-order valence-corrected chi connectivity index (χ1v) is 10.3. The molecular formula is C22H24Cl2N2O2. The number of carbonyl (C=O) groups excluding carboxylic acids is 2. The molecule has 1 fully saturated rings. The highest BCUT2D eigenvalue weighted by molar-refractivity contribution is 6.30. The summed E-state index contributed by atoms with van der Waals surface area (Å²) in [4.78, 5) is 27.4.